The summed E-state index contributed by atoms with van der Waals surface area (Å²) in [5.41, 5.74) is 2.30. The van der Waals surface area contributed by atoms with E-state index in [4.69, 9.17) is 9.47 Å². The van der Waals surface area contributed by atoms with E-state index in [-0.39, 0.29) is 18.7 Å². The fourth-order valence-corrected chi connectivity index (χ4v) is 4.30. The van der Waals surface area contributed by atoms with Crippen molar-refractivity contribution in [2.45, 2.75) is 70.9 Å². The molecule has 2 aliphatic heterocycles. The summed E-state index contributed by atoms with van der Waals surface area (Å²) in [5, 5.41) is 5.57. The van der Waals surface area contributed by atoms with Crippen molar-refractivity contribution in [3.8, 4) is 0 Å². The summed E-state index contributed by atoms with van der Waals surface area (Å²) in [5.74, 6) is -0.373. The zero-order valence-corrected chi connectivity index (χ0v) is 17.7. The normalized spacial score (nSPS) is 25.6. The van der Waals surface area contributed by atoms with E-state index >= 15 is 0 Å². The Labute approximate surface area is 170 Å². The SMILES string of the molecule is Cc1cc2cnn(C3CCCCO3)c2cc1[C@H]1CN(C(=O)OC(C)(C)C)C[C@H]1F. The number of halogens is 1. The summed E-state index contributed by atoms with van der Waals surface area (Å²) in [6.07, 6.45) is 3.32. The third kappa shape index (κ3) is 4.10. The number of carbonyl (C=O) groups excluding carboxylic acids is 1. The smallest absolute Gasteiger partial charge is 0.410 e. The van der Waals surface area contributed by atoms with Crippen molar-refractivity contribution in [3.63, 3.8) is 0 Å². The number of carbonyl (C=O) groups is 1. The molecule has 29 heavy (non-hydrogen) atoms. The summed E-state index contributed by atoms with van der Waals surface area (Å²) in [6.45, 7) is 8.56. The molecule has 1 aromatic carbocycles. The maximum Gasteiger partial charge on any atom is 0.410 e. The molecule has 158 valence electrons. The highest BCUT2D eigenvalue weighted by molar-refractivity contribution is 5.81. The monoisotopic (exact) mass is 403 g/mol. The number of likely N-dealkylation sites (tertiary alicyclic amines) is 1. The molecular formula is C22H30FN3O3. The van der Waals surface area contributed by atoms with Gasteiger partial charge in [0.05, 0.1) is 18.3 Å². The van der Waals surface area contributed by atoms with E-state index in [9.17, 15) is 9.18 Å². The lowest BCUT2D eigenvalue weighted by Crippen LogP contribution is -2.35. The number of hydrogen-bond acceptors (Lipinski definition) is 4. The molecule has 0 bridgehead atoms. The van der Waals surface area contributed by atoms with Crippen LogP contribution in [0, 0.1) is 6.92 Å². The van der Waals surface area contributed by atoms with Crippen LogP contribution in [-0.4, -0.2) is 52.2 Å². The van der Waals surface area contributed by atoms with Crippen LogP contribution in [0.2, 0.25) is 0 Å². The van der Waals surface area contributed by atoms with Gasteiger partial charge in [0.15, 0.2) is 6.23 Å². The molecule has 1 aromatic heterocycles. The first-order valence-corrected chi connectivity index (χ1v) is 10.4. The van der Waals surface area contributed by atoms with Crippen LogP contribution in [-0.2, 0) is 9.47 Å². The zero-order valence-electron chi connectivity index (χ0n) is 17.7. The van der Waals surface area contributed by atoms with Gasteiger partial charge in [-0.1, -0.05) is 0 Å². The predicted molar refractivity (Wildman–Crippen MR) is 109 cm³/mol. The van der Waals surface area contributed by atoms with E-state index in [0.29, 0.717) is 6.54 Å². The number of hydrogen-bond donors (Lipinski definition) is 0. The number of ether oxygens (including phenoxy) is 2. The number of alkyl halides is 1. The minimum absolute atomic E-state index is 0.0576. The molecule has 1 amide bonds. The number of benzene rings is 1. The first-order chi connectivity index (χ1) is 13.7. The average Bonchev–Trinajstić information content (AvgIpc) is 3.23. The summed E-state index contributed by atoms with van der Waals surface area (Å²) in [7, 11) is 0. The van der Waals surface area contributed by atoms with Gasteiger partial charge in [-0.2, -0.15) is 5.10 Å². The molecule has 2 aromatic rings. The van der Waals surface area contributed by atoms with Crippen LogP contribution in [0.25, 0.3) is 10.9 Å². The van der Waals surface area contributed by atoms with Gasteiger partial charge in [0.1, 0.15) is 11.8 Å². The molecule has 7 heteroatoms. The van der Waals surface area contributed by atoms with Crippen molar-refractivity contribution >= 4 is 17.0 Å². The van der Waals surface area contributed by atoms with Crippen LogP contribution >= 0.6 is 0 Å². The number of nitrogens with zero attached hydrogens (tertiary/aromatic N) is 3. The van der Waals surface area contributed by atoms with Crippen molar-refractivity contribution in [3.05, 3.63) is 29.5 Å². The Morgan fingerprint density at radius 3 is 2.76 bits per heavy atom. The van der Waals surface area contributed by atoms with Crippen LogP contribution in [0.15, 0.2) is 18.3 Å². The largest absolute Gasteiger partial charge is 0.444 e. The van der Waals surface area contributed by atoms with Gasteiger partial charge in [-0.3, -0.25) is 0 Å². The van der Waals surface area contributed by atoms with E-state index in [1.807, 2.05) is 44.6 Å². The molecule has 0 radical (unpaired) electrons. The highest BCUT2D eigenvalue weighted by atomic mass is 19.1. The third-order valence-electron chi connectivity index (χ3n) is 5.71. The maximum absolute atomic E-state index is 15.0. The Morgan fingerprint density at radius 1 is 1.28 bits per heavy atom. The van der Waals surface area contributed by atoms with Gasteiger partial charge in [0, 0.05) is 24.5 Å². The maximum atomic E-state index is 15.0. The van der Waals surface area contributed by atoms with Crippen molar-refractivity contribution in [1.82, 2.24) is 14.7 Å². The Bertz CT molecular complexity index is 899. The molecule has 0 aliphatic carbocycles. The first kappa shape index (κ1) is 20.1. The average molecular weight is 403 g/mol. The van der Waals surface area contributed by atoms with Gasteiger partial charge in [-0.05, 0) is 70.2 Å². The van der Waals surface area contributed by atoms with Gasteiger partial charge < -0.3 is 14.4 Å². The zero-order chi connectivity index (χ0) is 20.8. The molecular weight excluding hydrogens is 373 g/mol. The second-order valence-electron chi connectivity index (χ2n) is 9.19. The van der Waals surface area contributed by atoms with Crippen LogP contribution in [0.1, 0.15) is 63.3 Å². The van der Waals surface area contributed by atoms with Crippen molar-refractivity contribution < 1.29 is 18.7 Å². The van der Waals surface area contributed by atoms with Crippen molar-refractivity contribution in [2.24, 2.45) is 0 Å². The highest BCUT2D eigenvalue weighted by Crippen LogP contribution is 2.36. The fraction of sp³-hybridized carbons (Fsp3) is 0.636. The van der Waals surface area contributed by atoms with E-state index in [1.165, 1.54) is 4.90 Å². The Morgan fingerprint density at radius 2 is 2.07 bits per heavy atom. The van der Waals surface area contributed by atoms with Gasteiger partial charge in [0.2, 0.25) is 0 Å². The van der Waals surface area contributed by atoms with Gasteiger partial charge >= 0.3 is 6.09 Å². The number of amides is 1. The van der Waals surface area contributed by atoms with Crippen LogP contribution in [0.4, 0.5) is 9.18 Å². The van der Waals surface area contributed by atoms with Crippen LogP contribution < -0.4 is 0 Å². The van der Waals surface area contributed by atoms with Gasteiger partial charge in [-0.15, -0.1) is 0 Å². The van der Waals surface area contributed by atoms with Crippen LogP contribution in [0.3, 0.4) is 0 Å². The van der Waals surface area contributed by atoms with Crippen molar-refractivity contribution in [1.29, 1.82) is 0 Å². The topological polar surface area (TPSA) is 56.6 Å². The Balaban J connectivity index is 1.61. The predicted octanol–water partition coefficient (Wildman–Crippen LogP) is 4.72. The molecule has 2 aliphatic rings. The summed E-state index contributed by atoms with van der Waals surface area (Å²) in [6, 6.07) is 4.09. The lowest BCUT2D eigenvalue weighted by atomic mass is 9.92. The molecule has 2 saturated heterocycles. The van der Waals surface area contributed by atoms with Crippen molar-refractivity contribution in [2.75, 3.05) is 19.7 Å². The highest BCUT2D eigenvalue weighted by Gasteiger charge is 2.39. The number of aryl methyl sites for hydroxylation is 1. The van der Waals surface area contributed by atoms with E-state index in [1.54, 1.807) is 0 Å². The molecule has 3 atom stereocenters. The van der Waals surface area contributed by atoms with Crippen LogP contribution in [0.5, 0.6) is 0 Å². The lowest BCUT2D eigenvalue weighted by Gasteiger charge is -2.25. The first-order valence-electron chi connectivity index (χ1n) is 10.4. The quantitative estimate of drug-likeness (QED) is 0.728. The van der Waals surface area contributed by atoms with Gasteiger partial charge in [0.25, 0.3) is 0 Å². The number of fused-ring (bicyclic) bond motifs is 1. The Kier molecular flexibility index (Phi) is 5.27. The number of rotatable bonds is 2. The molecule has 3 heterocycles. The Hall–Kier alpha value is -2.15. The summed E-state index contributed by atoms with van der Waals surface area (Å²) in [4.78, 5) is 13.9. The van der Waals surface area contributed by atoms with Gasteiger partial charge in [-0.25, -0.2) is 13.9 Å². The molecule has 0 spiro atoms. The standard InChI is InChI=1S/C22H30FN3O3/c1-14-9-15-11-24-26(20-7-5-6-8-28-20)19(15)10-16(14)17-12-25(13-18(17)23)21(27)29-22(2,3)4/h9-11,17-18,20H,5-8,12-13H2,1-4H3/t17-,18-,20?/m1/s1. The molecule has 4 rings (SSSR count). The molecule has 0 N–H and O–H groups in total. The van der Waals surface area contributed by atoms with E-state index in [2.05, 4.69) is 11.2 Å². The minimum atomic E-state index is -1.12. The summed E-state index contributed by atoms with van der Waals surface area (Å²) >= 11 is 0. The second-order valence-corrected chi connectivity index (χ2v) is 9.19. The van der Waals surface area contributed by atoms with E-state index < -0.39 is 17.9 Å². The fourth-order valence-electron chi connectivity index (χ4n) is 4.30. The lowest BCUT2D eigenvalue weighted by molar-refractivity contribution is -0.0366. The molecule has 6 nitrogen and oxygen atoms in total. The van der Waals surface area contributed by atoms with E-state index in [0.717, 1.165) is 47.9 Å². The second kappa shape index (κ2) is 7.59. The minimum Gasteiger partial charge on any atom is -0.444 e. The number of aromatic nitrogens is 2. The third-order valence-corrected chi connectivity index (χ3v) is 5.71. The summed E-state index contributed by atoms with van der Waals surface area (Å²) < 4.78 is 28.2. The molecule has 1 unspecified atom stereocenters. The molecule has 2 fully saturated rings. The molecule has 0 saturated carbocycles.